The maximum atomic E-state index is 13.6. The highest BCUT2D eigenvalue weighted by molar-refractivity contribution is 7.92. The van der Waals surface area contributed by atoms with Crippen LogP contribution in [0.1, 0.15) is 37.8 Å². The first-order valence-electron chi connectivity index (χ1n) is 12.5. The summed E-state index contributed by atoms with van der Waals surface area (Å²) in [5.41, 5.74) is 7.16. The Labute approximate surface area is 219 Å². The topological polar surface area (TPSA) is 122 Å². The monoisotopic (exact) mass is 528 g/mol. The zero-order valence-corrected chi connectivity index (χ0v) is 22.5. The molecule has 2 aliphatic rings. The minimum atomic E-state index is -3.42. The smallest absolute Gasteiger partial charge is 0.247 e. The summed E-state index contributed by atoms with van der Waals surface area (Å²) in [5.74, 6) is -0.664. The van der Waals surface area contributed by atoms with Crippen LogP contribution in [0.2, 0.25) is 0 Å². The number of likely N-dealkylation sites (tertiary alicyclic amines) is 1. The normalized spacial score (nSPS) is 17.9. The van der Waals surface area contributed by atoms with Gasteiger partial charge in [0.2, 0.25) is 21.8 Å². The fourth-order valence-electron chi connectivity index (χ4n) is 5.07. The maximum Gasteiger partial charge on any atom is 0.247 e. The van der Waals surface area contributed by atoms with E-state index < -0.39 is 27.5 Å². The SMILES string of the molecule is CC(C)(N)C(=O)N[C@@H](COCc1ccccc1)C(=O)N1CCC2(CC1)CN(S(C)(=O)=O)c1ccccc12. The third-order valence-electron chi connectivity index (χ3n) is 7.21. The van der Waals surface area contributed by atoms with Crippen LogP contribution in [0.4, 0.5) is 5.69 Å². The molecule has 0 unspecified atom stereocenters. The Morgan fingerprint density at radius 1 is 1.08 bits per heavy atom. The number of carbonyl (C=O) groups is 2. The highest BCUT2D eigenvalue weighted by Crippen LogP contribution is 2.47. The van der Waals surface area contributed by atoms with Crippen molar-refractivity contribution in [2.24, 2.45) is 5.73 Å². The molecule has 2 aromatic rings. The van der Waals surface area contributed by atoms with Crippen LogP contribution in [0.15, 0.2) is 54.6 Å². The Morgan fingerprint density at radius 3 is 2.32 bits per heavy atom. The third kappa shape index (κ3) is 5.97. The molecule has 3 N–H and O–H groups in total. The lowest BCUT2D eigenvalue weighted by Crippen LogP contribution is -2.59. The van der Waals surface area contributed by atoms with Crippen molar-refractivity contribution >= 4 is 27.5 Å². The van der Waals surface area contributed by atoms with Gasteiger partial charge in [-0.25, -0.2) is 8.42 Å². The van der Waals surface area contributed by atoms with Crippen molar-refractivity contribution in [3.63, 3.8) is 0 Å². The number of hydrogen-bond acceptors (Lipinski definition) is 6. The number of nitrogens with zero attached hydrogens (tertiary/aromatic N) is 2. The van der Waals surface area contributed by atoms with Gasteiger partial charge in [-0.1, -0.05) is 48.5 Å². The zero-order valence-electron chi connectivity index (χ0n) is 21.6. The fraction of sp³-hybridized carbons (Fsp3) is 0.481. The lowest BCUT2D eigenvalue weighted by Gasteiger charge is -2.41. The number of ether oxygens (including phenoxy) is 1. The first-order chi connectivity index (χ1) is 17.4. The highest BCUT2D eigenvalue weighted by atomic mass is 32.2. The van der Waals surface area contributed by atoms with Crippen LogP contribution >= 0.6 is 0 Å². The van der Waals surface area contributed by atoms with Crippen molar-refractivity contribution in [3.05, 3.63) is 65.7 Å². The van der Waals surface area contributed by atoms with Gasteiger partial charge < -0.3 is 20.7 Å². The fourth-order valence-corrected chi connectivity index (χ4v) is 6.07. The molecular weight excluding hydrogens is 492 g/mol. The summed E-state index contributed by atoms with van der Waals surface area (Å²) in [4.78, 5) is 27.9. The standard InChI is InChI=1S/C27H36N4O5S/c1-26(2,28)25(33)29-22(18-36-17-20-9-5-4-6-10-20)24(32)30-15-13-27(14-16-30)19-31(37(3,34)35)23-12-8-7-11-21(23)27/h4-12,22H,13-19,28H2,1-3H3,(H,29,33)/t22-/m0/s1. The number of amides is 2. The second-order valence-electron chi connectivity index (χ2n) is 10.6. The van der Waals surface area contributed by atoms with Crippen LogP contribution in [0.25, 0.3) is 0 Å². The highest BCUT2D eigenvalue weighted by Gasteiger charge is 2.48. The summed E-state index contributed by atoms with van der Waals surface area (Å²) < 4.78 is 32.2. The number of benzene rings is 2. The first-order valence-corrected chi connectivity index (χ1v) is 14.3. The number of hydrogen-bond donors (Lipinski definition) is 2. The summed E-state index contributed by atoms with van der Waals surface area (Å²) in [6.07, 6.45) is 2.47. The largest absolute Gasteiger partial charge is 0.374 e. The van der Waals surface area contributed by atoms with E-state index in [0.29, 0.717) is 39.1 Å². The molecule has 2 aromatic carbocycles. The summed E-state index contributed by atoms with van der Waals surface area (Å²) >= 11 is 0. The molecule has 2 aliphatic heterocycles. The minimum absolute atomic E-state index is 0.0158. The Hall–Kier alpha value is -2.95. The number of nitrogens with two attached hydrogens (primary N) is 1. The van der Waals surface area contributed by atoms with Crippen molar-refractivity contribution in [2.45, 2.75) is 50.3 Å². The number of nitrogens with one attached hydrogen (secondary N) is 1. The predicted octanol–water partition coefficient (Wildman–Crippen LogP) is 1.77. The number of anilines is 1. The van der Waals surface area contributed by atoms with E-state index in [1.165, 1.54) is 10.6 Å². The van der Waals surface area contributed by atoms with Crippen LogP contribution in [-0.2, 0) is 36.4 Å². The first kappa shape index (κ1) is 27.1. The Kier molecular flexibility index (Phi) is 7.64. The molecule has 4 rings (SSSR count). The molecule has 0 aliphatic carbocycles. The number of para-hydroxylation sites is 1. The van der Waals surface area contributed by atoms with Crippen molar-refractivity contribution in [3.8, 4) is 0 Å². The molecular formula is C27H36N4O5S. The van der Waals surface area contributed by atoms with Crippen molar-refractivity contribution in [1.29, 1.82) is 0 Å². The summed E-state index contributed by atoms with van der Waals surface area (Å²) in [6.45, 7) is 4.77. The molecule has 0 aromatic heterocycles. The van der Waals surface area contributed by atoms with Crippen LogP contribution in [0, 0.1) is 0 Å². The maximum absolute atomic E-state index is 13.6. The summed E-state index contributed by atoms with van der Waals surface area (Å²) in [5, 5.41) is 2.78. The van der Waals surface area contributed by atoms with Crippen LogP contribution in [0.5, 0.6) is 0 Å². The van der Waals surface area contributed by atoms with Crippen molar-refractivity contribution in [2.75, 3.05) is 36.8 Å². The van der Waals surface area contributed by atoms with E-state index in [1.54, 1.807) is 18.7 Å². The zero-order chi connectivity index (χ0) is 26.8. The van der Waals surface area contributed by atoms with Gasteiger partial charge in [0.05, 0.1) is 30.7 Å². The average Bonchev–Trinajstić information content (AvgIpc) is 3.18. The Bertz CT molecular complexity index is 1230. The molecule has 1 spiro atoms. The van der Waals surface area contributed by atoms with Gasteiger partial charge in [-0.15, -0.1) is 0 Å². The number of fused-ring (bicyclic) bond motifs is 2. The van der Waals surface area contributed by atoms with E-state index >= 15 is 0 Å². The van der Waals surface area contributed by atoms with Gasteiger partial charge in [0.15, 0.2) is 0 Å². The molecule has 0 radical (unpaired) electrons. The summed E-state index contributed by atoms with van der Waals surface area (Å²) in [6, 6.07) is 16.3. The van der Waals surface area contributed by atoms with Crippen molar-refractivity contribution < 1.29 is 22.7 Å². The molecule has 1 fully saturated rings. The van der Waals surface area contributed by atoms with Gasteiger partial charge in [-0.2, -0.15) is 0 Å². The lowest BCUT2D eigenvalue weighted by atomic mass is 9.74. The molecule has 1 atom stereocenters. The van der Waals surface area contributed by atoms with E-state index in [4.69, 9.17) is 10.5 Å². The Balaban J connectivity index is 1.46. The molecule has 9 nitrogen and oxygen atoms in total. The predicted molar refractivity (Wildman–Crippen MR) is 142 cm³/mol. The molecule has 37 heavy (non-hydrogen) atoms. The quantitative estimate of drug-likeness (QED) is 0.539. The number of rotatable bonds is 8. The second-order valence-corrected chi connectivity index (χ2v) is 12.5. The second kappa shape index (κ2) is 10.4. The lowest BCUT2D eigenvalue weighted by molar-refractivity contribution is -0.140. The third-order valence-corrected chi connectivity index (χ3v) is 8.33. The van der Waals surface area contributed by atoms with Gasteiger partial charge in [-0.05, 0) is 43.9 Å². The molecule has 2 amide bonds. The van der Waals surface area contributed by atoms with Crippen molar-refractivity contribution in [1.82, 2.24) is 10.2 Å². The molecule has 200 valence electrons. The molecule has 0 saturated carbocycles. The van der Waals surface area contributed by atoms with Gasteiger partial charge in [-0.3, -0.25) is 13.9 Å². The van der Waals surface area contributed by atoms with Gasteiger partial charge in [0.25, 0.3) is 0 Å². The average molecular weight is 529 g/mol. The van der Waals surface area contributed by atoms with Gasteiger partial charge >= 0.3 is 0 Å². The molecule has 10 heteroatoms. The number of sulfonamides is 1. The van der Waals surface area contributed by atoms with E-state index in [0.717, 1.165) is 16.8 Å². The van der Waals surface area contributed by atoms with E-state index in [9.17, 15) is 18.0 Å². The summed E-state index contributed by atoms with van der Waals surface area (Å²) in [7, 11) is -3.42. The number of piperidine rings is 1. The molecule has 2 heterocycles. The Morgan fingerprint density at radius 2 is 1.70 bits per heavy atom. The van der Waals surface area contributed by atoms with Gasteiger partial charge in [0.1, 0.15) is 6.04 Å². The van der Waals surface area contributed by atoms with E-state index in [2.05, 4.69) is 5.32 Å². The van der Waals surface area contributed by atoms with E-state index in [-0.39, 0.29) is 17.9 Å². The van der Waals surface area contributed by atoms with Crippen LogP contribution in [0.3, 0.4) is 0 Å². The van der Waals surface area contributed by atoms with E-state index in [1.807, 2.05) is 54.6 Å². The number of carbonyl (C=O) groups excluding carboxylic acids is 2. The molecule has 0 bridgehead atoms. The van der Waals surface area contributed by atoms with Crippen LogP contribution < -0.4 is 15.4 Å². The minimum Gasteiger partial charge on any atom is -0.374 e. The molecule has 1 saturated heterocycles. The van der Waals surface area contributed by atoms with Crippen LogP contribution in [-0.4, -0.2) is 69.2 Å². The van der Waals surface area contributed by atoms with Gasteiger partial charge in [0, 0.05) is 25.0 Å².